The van der Waals surface area contributed by atoms with Gasteiger partial charge in [-0.1, -0.05) is 11.4 Å². The van der Waals surface area contributed by atoms with E-state index in [-0.39, 0.29) is 5.91 Å². The SMILES string of the molecule is CCc1nnsc1C(=O)N1CCC[C@H]1CCc1ccnc(C)c1. The molecule has 1 amide bonds. The molecule has 0 unspecified atom stereocenters. The standard InChI is InChI=1S/C17H22N4OS/c1-3-15-16(23-20-19-15)17(22)21-10-4-5-14(21)7-6-13-8-9-18-12(2)11-13/h8-9,11,14H,3-7,10H2,1-2H3/t14-/m0/s1. The summed E-state index contributed by atoms with van der Waals surface area (Å²) in [5, 5.41) is 4.07. The highest BCUT2D eigenvalue weighted by Crippen LogP contribution is 2.26. The van der Waals surface area contributed by atoms with Crippen molar-refractivity contribution in [3.05, 3.63) is 40.2 Å². The second kappa shape index (κ2) is 7.17. The molecule has 122 valence electrons. The number of carbonyl (C=O) groups is 1. The molecule has 0 aliphatic carbocycles. The Morgan fingerprint density at radius 2 is 2.35 bits per heavy atom. The zero-order valence-corrected chi connectivity index (χ0v) is 14.5. The van der Waals surface area contributed by atoms with Crippen LogP contribution in [0.15, 0.2) is 18.3 Å². The molecule has 0 aromatic carbocycles. The van der Waals surface area contributed by atoms with Crippen molar-refractivity contribution in [2.24, 2.45) is 0 Å². The van der Waals surface area contributed by atoms with Gasteiger partial charge in [0.15, 0.2) is 0 Å². The van der Waals surface area contributed by atoms with E-state index in [1.807, 2.05) is 24.9 Å². The Bertz CT molecular complexity index is 685. The van der Waals surface area contributed by atoms with Gasteiger partial charge in [-0.2, -0.15) is 0 Å². The zero-order valence-electron chi connectivity index (χ0n) is 13.7. The monoisotopic (exact) mass is 330 g/mol. The predicted molar refractivity (Wildman–Crippen MR) is 90.6 cm³/mol. The average molecular weight is 330 g/mol. The lowest BCUT2D eigenvalue weighted by Crippen LogP contribution is -2.35. The minimum Gasteiger partial charge on any atom is -0.335 e. The van der Waals surface area contributed by atoms with Gasteiger partial charge in [0.2, 0.25) is 0 Å². The third-order valence-electron chi connectivity index (χ3n) is 4.45. The number of amides is 1. The third kappa shape index (κ3) is 3.58. The molecule has 1 aliphatic heterocycles. The zero-order chi connectivity index (χ0) is 16.2. The molecule has 5 nitrogen and oxygen atoms in total. The van der Waals surface area contributed by atoms with Crippen LogP contribution in [0.2, 0.25) is 0 Å². The van der Waals surface area contributed by atoms with Gasteiger partial charge >= 0.3 is 0 Å². The number of aromatic nitrogens is 3. The van der Waals surface area contributed by atoms with E-state index in [0.717, 1.165) is 54.9 Å². The van der Waals surface area contributed by atoms with E-state index >= 15 is 0 Å². The largest absolute Gasteiger partial charge is 0.335 e. The van der Waals surface area contributed by atoms with Crippen molar-refractivity contribution >= 4 is 17.4 Å². The molecule has 0 bridgehead atoms. The summed E-state index contributed by atoms with van der Waals surface area (Å²) in [6.45, 7) is 4.87. The fourth-order valence-electron chi connectivity index (χ4n) is 3.23. The Kier molecular flexibility index (Phi) is 5.00. The molecule has 0 saturated carbocycles. The number of aryl methyl sites for hydroxylation is 3. The van der Waals surface area contributed by atoms with Gasteiger partial charge in [-0.3, -0.25) is 9.78 Å². The molecule has 1 fully saturated rings. The van der Waals surface area contributed by atoms with Gasteiger partial charge in [0.05, 0.1) is 5.69 Å². The molecule has 2 aromatic rings. The summed E-state index contributed by atoms with van der Waals surface area (Å²) in [6, 6.07) is 4.52. The summed E-state index contributed by atoms with van der Waals surface area (Å²) >= 11 is 1.23. The Morgan fingerprint density at radius 3 is 3.13 bits per heavy atom. The van der Waals surface area contributed by atoms with Gasteiger partial charge in [0.25, 0.3) is 5.91 Å². The highest BCUT2D eigenvalue weighted by atomic mass is 32.1. The second-order valence-corrected chi connectivity index (χ2v) is 6.80. The lowest BCUT2D eigenvalue weighted by atomic mass is 10.0. The first-order valence-corrected chi connectivity index (χ1v) is 9.00. The van der Waals surface area contributed by atoms with Crippen molar-refractivity contribution in [3.8, 4) is 0 Å². The highest BCUT2D eigenvalue weighted by Gasteiger charge is 2.31. The van der Waals surface area contributed by atoms with Crippen LogP contribution in [-0.2, 0) is 12.8 Å². The van der Waals surface area contributed by atoms with Crippen LogP contribution < -0.4 is 0 Å². The van der Waals surface area contributed by atoms with Gasteiger partial charge in [-0.15, -0.1) is 5.10 Å². The molecule has 3 heterocycles. The highest BCUT2D eigenvalue weighted by molar-refractivity contribution is 7.08. The minimum absolute atomic E-state index is 0.116. The lowest BCUT2D eigenvalue weighted by Gasteiger charge is -2.24. The first kappa shape index (κ1) is 16.1. The van der Waals surface area contributed by atoms with Crippen molar-refractivity contribution in [1.82, 2.24) is 19.5 Å². The molecule has 1 atom stereocenters. The van der Waals surface area contributed by atoms with Crippen molar-refractivity contribution < 1.29 is 4.79 Å². The first-order chi connectivity index (χ1) is 11.2. The van der Waals surface area contributed by atoms with E-state index in [2.05, 4.69) is 26.7 Å². The van der Waals surface area contributed by atoms with Crippen molar-refractivity contribution in [2.45, 2.75) is 52.0 Å². The lowest BCUT2D eigenvalue weighted by molar-refractivity contribution is 0.0734. The molecule has 6 heteroatoms. The summed E-state index contributed by atoms with van der Waals surface area (Å²) < 4.78 is 3.95. The van der Waals surface area contributed by atoms with Gasteiger partial charge < -0.3 is 4.90 Å². The van der Waals surface area contributed by atoms with Crippen molar-refractivity contribution in [1.29, 1.82) is 0 Å². The van der Waals surface area contributed by atoms with Crippen LogP contribution in [0, 0.1) is 6.92 Å². The van der Waals surface area contributed by atoms with Crippen LogP contribution in [0.3, 0.4) is 0 Å². The van der Waals surface area contributed by atoms with Crippen LogP contribution in [0.4, 0.5) is 0 Å². The quantitative estimate of drug-likeness (QED) is 0.845. The number of pyridine rings is 1. The van der Waals surface area contributed by atoms with Crippen LogP contribution in [-0.4, -0.2) is 38.0 Å². The van der Waals surface area contributed by atoms with Crippen LogP contribution in [0.1, 0.15) is 52.8 Å². The Balaban J connectivity index is 1.67. The summed E-state index contributed by atoms with van der Waals surface area (Å²) in [7, 11) is 0. The van der Waals surface area contributed by atoms with Crippen LogP contribution >= 0.6 is 11.5 Å². The maximum atomic E-state index is 12.8. The Hall–Kier alpha value is -1.82. The molecule has 0 spiro atoms. The fraction of sp³-hybridized carbons (Fsp3) is 0.529. The van der Waals surface area contributed by atoms with E-state index in [4.69, 9.17) is 0 Å². The van der Waals surface area contributed by atoms with Crippen LogP contribution in [0.25, 0.3) is 0 Å². The molecule has 0 radical (unpaired) electrons. The van der Waals surface area contributed by atoms with Gasteiger partial charge in [-0.05, 0) is 68.3 Å². The summed E-state index contributed by atoms with van der Waals surface area (Å²) in [4.78, 5) is 19.8. The Morgan fingerprint density at radius 1 is 1.48 bits per heavy atom. The predicted octanol–water partition coefficient (Wildman–Crippen LogP) is 3.04. The van der Waals surface area contributed by atoms with Crippen LogP contribution in [0.5, 0.6) is 0 Å². The third-order valence-corrected chi connectivity index (χ3v) is 5.21. The Labute approximate surface area is 140 Å². The van der Waals surface area contributed by atoms with E-state index < -0.39 is 0 Å². The van der Waals surface area contributed by atoms with E-state index in [0.29, 0.717) is 6.04 Å². The van der Waals surface area contributed by atoms with E-state index in [1.54, 1.807) is 0 Å². The number of hydrogen-bond donors (Lipinski definition) is 0. The molecule has 3 rings (SSSR count). The summed E-state index contributed by atoms with van der Waals surface area (Å²) in [5.74, 6) is 0.116. The van der Waals surface area contributed by atoms with Gasteiger partial charge in [-0.25, -0.2) is 0 Å². The molecule has 2 aromatic heterocycles. The molecule has 23 heavy (non-hydrogen) atoms. The number of carbonyl (C=O) groups excluding carboxylic acids is 1. The number of hydrogen-bond acceptors (Lipinski definition) is 5. The average Bonchev–Trinajstić information content (AvgIpc) is 3.21. The van der Waals surface area contributed by atoms with E-state index in [1.165, 1.54) is 17.1 Å². The van der Waals surface area contributed by atoms with Gasteiger partial charge in [0.1, 0.15) is 4.88 Å². The van der Waals surface area contributed by atoms with Crippen molar-refractivity contribution in [2.75, 3.05) is 6.54 Å². The minimum atomic E-state index is 0.116. The molecular weight excluding hydrogens is 308 g/mol. The maximum absolute atomic E-state index is 12.8. The number of rotatable bonds is 5. The number of nitrogens with zero attached hydrogens (tertiary/aromatic N) is 4. The molecule has 1 aliphatic rings. The fourth-order valence-corrected chi connectivity index (χ4v) is 3.94. The van der Waals surface area contributed by atoms with Crippen molar-refractivity contribution in [3.63, 3.8) is 0 Å². The van der Waals surface area contributed by atoms with E-state index in [9.17, 15) is 4.79 Å². The summed E-state index contributed by atoms with van der Waals surface area (Å²) in [6.07, 6.45) is 6.77. The number of likely N-dealkylation sites (tertiary alicyclic amines) is 1. The maximum Gasteiger partial charge on any atom is 0.267 e. The second-order valence-electron chi connectivity index (χ2n) is 6.04. The molecule has 1 saturated heterocycles. The van der Waals surface area contributed by atoms with Gasteiger partial charge in [0, 0.05) is 24.5 Å². The molecule has 0 N–H and O–H groups in total. The first-order valence-electron chi connectivity index (χ1n) is 8.22. The smallest absolute Gasteiger partial charge is 0.267 e. The molecular formula is C17H22N4OS. The normalized spacial score (nSPS) is 17.7. The topological polar surface area (TPSA) is 59.0 Å². The summed E-state index contributed by atoms with van der Waals surface area (Å²) in [5.41, 5.74) is 3.17.